The summed E-state index contributed by atoms with van der Waals surface area (Å²) in [5, 5.41) is 12.7. The number of alkyl halides is 3. The van der Waals surface area contributed by atoms with Gasteiger partial charge in [-0.25, -0.2) is 0 Å². The van der Waals surface area contributed by atoms with Gasteiger partial charge in [-0.3, -0.25) is 4.79 Å². The Morgan fingerprint density at radius 1 is 0.976 bits per heavy atom. The van der Waals surface area contributed by atoms with E-state index in [-0.39, 0.29) is 42.0 Å². The molecule has 2 aromatic heterocycles. The monoisotopic (exact) mass is 580 g/mol. The van der Waals surface area contributed by atoms with Crippen LogP contribution in [0, 0.1) is 0 Å². The van der Waals surface area contributed by atoms with Crippen molar-refractivity contribution < 1.29 is 36.4 Å². The van der Waals surface area contributed by atoms with Crippen LogP contribution in [-0.4, -0.2) is 46.2 Å². The minimum atomic E-state index is -4.83. The average molecular weight is 581 g/mol. The first-order valence-corrected chi connectivity index (χ1v) is 14.0. The van der Waals surface area contributed by atoms with Crippen molar-refractivity contribution in [2.24, 2.45) is 0 Å². The molecule has 0 N–H and O–H groups in total. The lowest BCUT2D eigenvalue weighted by Crippen LogP contribution is -2.45. The maximum atomic E-state index is 13.1. The summed E-state index contributed by atoms with van der Waals surface area (Å²) in [7, 11) is 0. The van der Waals surface area contributed by atoms with E-state index in [0.29, 0.717) is 34.5 Å². The van der Waals surface area contributed by atoms with Gasteiger partial charge in [0.05, 0.1) is 12.7 Å². The van der Waals surface area contributed by atoms with Crippen molar-refractivity contribution in [3.8, 4) is 28.5 Å². The molecule has 0 radical (unpaired) electrons. The molecule has 2 unspecified atom stereocenters. The molecule has 2 aliphatic heterocycles. The topological polar surface area (TPSA) is 104 Å². The molecule has 2 atom stereocenters. The van der Waals surface area contributed by atoms with Crippen LogP contribution >= 0.6 is 0 Å². The lowest BCUT2D eigenvalue weighted by atomic mass is 9.99. The van der Waals surface area contributed by atoms with Gasteiger partial charge < -0.3 is 23.3 Å². The maximum Gasteiger partial charge on any atom is 0.573 e. The number of carbonyl (C=O) groups is 1. The SMILES string of the molecule is O=Cc1ccc(-c2nnc(N3C4CCC3CC(OCc3c(-c5ccccc5OC(F)(F)F)noc3C3CC3)C4)o2)cc1. The van der Waals surface area contributed by atoms with Gasteiger partial charge >= 0.3 is 12.4 Å². The molecule has 2 aromatic carbocycles. The van der Waals surface area contributed by atoms with Gasteiger partial charge in [-0.05, 0) is 62.8 Å². The number of hydrogen-bond acceptors (Lipinski definition) is 9. The van der Waals surface area contributed by atoms with Crippen LogP contribution < -0.4 is 9.64 Å². The largest absolute Gasteiger partial charge is 0.573 e. The summed E-state index contributed by atoms with van der Waals surface area (Å²) in [5.41, 5.74) is 2.51. The Labute approximate surface area is 238 Å². The third-order valence-corrected chi connectivity index (χ3v) is 8.22. The molecule has 3 fully saturated rings. The number of benzene rings is 2. The highest BCUT2D eigenvalue weighted by atomic mass is 19.4. The fourth-order valence-electron chi connectivity index (χ4n) is 6.13. The number of hydrogen-bond donors (Lipinski definition) is 0. The molecular weight excluding hydrogens is 553 g/mol. The summed E-state index contributed by atoms with van der Waals surface area (Å²) >= 11 is 0. The lowest BCUT2D eigenvalue weighted by Gasteiger charge is -2.37. The quantitative estimate of drug-likeness (QED) is 0.200. The fraction of sp³-hybridized carbons (Fsp3) is 0.400. The van der Waals surface area contributed by atoms with Gasteiger partial charge in [0.15, 0.2) is 0 Å². The van der Waals surface area contributed by atoms with Crippen molar-refractivity contribution in [3.63, 3.8) is 0 Å². The van der Waals surface area contributed by atoms with Gasteiger partial charge in [0.2, 0.25) is 5.89 Å². The van der Waals surface area contributed by atoms with Crippen molar-refractivity contribution in [2.45, 2.75) is 75.6 Å². The van der Waals surface area contributed by atoms with Crippen LogP contribution in [0.4, 0.5) is 19.2 Å². The van der Waals surface area contributed by atoms with E-state index < -0.39 is 6.36 Å². The zero-order valence-electron chi connectivity index (χ0n) is 22.4. The first-order chi connectivity index (χ1) is 20.4. The van der Waals surface area contributed by atoms with Gasteiger partial charge in [-0.1, -0.05) is 34.5 Å². The molecule has 9 nitrogen and oxygen atoms in total. The van der Waals surface area contributed by atoms with Crippen LogP contribution in [0.2, 0.25) is 0 Å². The molecule has 218 valence electrons. The van der Waals surface area contributed by atoms with Gasteiger partial charge in [0.1, 0.15) is 23.5 Å². The number of rotatable bonds is 9. The molecule has 42 heavy (non-hydrogen) atoms. The molecule has 2 bridgehead atoms. The van der Waals surface area contributed by atoms with Crippen LogP contribution in [0.15, 0.2) is 57.5 Å². The van der Waals surface area contributed by atoms with Crippen molar-refractivity contribution in [1.29, 1.82) is 0 Å². The summed E-state index contributed by atoms with van der Waals surface area (Å²) in [6.07, 6.45) is 1.19. The molecule has 1 aliphatic carbocycles. The van der Waals surface area contributed by atoms with Crippen LogP contribution in [0.1, 0.15) is 66.1 Å². The summed E-state index contributed by atoms with van der Waals surface area (Å²) in [4.78, 5) is 13.1. The highest BCUT2D eigenvalue weighted by Gasteiger charge is 2.44. The molecule has 4 aromatic rings. The number of ether oxygens (including phenoxy) is 2. The predicted octanol–water partition coefficient (Wildman–Crippen LogP) is 6.70. The Bertz CT molecular complexity index is 1570. The highest BCUT2D eigenvalue weighted by molar-refractivity contribution is 5.76. The third kappa shape index (κ3) is 5.26. The minimum Gasteiger partial charge on any atom is -0.405 e. The molecule has 12 heteroatoms. The van der Waals surface area contributed by atoms with Crippen LogP contribution in [0.5, 0.6) is 5.75 Å². The highest BCUT2D eigenvalue weighted by Crippen LogP contribution is 2.46. The summed E-state index contributed by atoms with van der Waals surface area (Å²) in [6.45, 7) is 0.177. The smallest absolute Gasteiger partial charge is 0.405 e. The Kier molecular flexibility index (Phi) is 6.72. The van der Waals surface area contributed by atoms with E-state index in [1.165, 1.54) is 12.1 Å². The Hall–Kier alpha value is -4.19. The lowest BCUT2D eigenvalue weighted by molar-refractivity contribution is -0.274. The molecule has 4 heterocycles. The molecule has 0 spiro atoms. The van der Waals surface area contributed by atoms with E-state index in [9.17, 15) is 18.0 Å². The molecular formula is C30H27F3N4O5. The van der Waals surface area contributed by atoms with E-state index >= 15 is 0 Å². The molecule has 7 rings (SSSR count). The molecule has 0 amide bonds. The zero-order chi connectivity index (χ0) is 28.8. The fourth-order valence-corrected chi connectivity index (χ4v) is 6.13. The summed E-state index contributed by atoms with van der Waals surface area (Å²) < 4.78 is 61.7. The number of nitrogens with zero attached hydrogens (tertiary/aromatic N) is 4. The van der Waals surface area contributed by atoms with Crippen molar-refractivity contribution in [2.75, 3.05) is 4.90 Å². The molecule has 2 saturated heterocycles. The zero-order valence-corrected chi connectivity index (χ0v) is 22.4. The van der Waals surface area contributed by atoms with E-state index in [1.54, 1.807) is 36.4 Å². The Morgan fingerprint density at radius 2 is 1.71 bits per heavy atom. The first-order valence-electron chi connectivity index (χ1n) is 14.0. The number of piperidine rings is 1. The Morgan fingerprint density at radius 3 is 2.40 bits per heavy atom. The van der Waals surface area contributed by atoms with Gasteiger partial charge in [-0.15, -0.1) is 18.3 Å². The third-order valence-electron chi connectivity index (χ3n) is 8.22. The number of fused-ring (bicyclic) bond motifs is 2. The number of anilines is 1. The number of aldehydes is 1. The van der Waals surface area contributed by atoms with Crippen molar-refractivity contribution in [1.82, 2.24) is 15.4 Å². The second-order valence-electron chi connectivity index (χ2n) is 11.0. The van der Waals surface area contributed by atoms with E-state index in [0.717, 1.165) is 50.4 Å². The van der Waals surface area contributed by atoms with Crippen molar-refractivity contribution >= 4 is 12.3 Å². The van der Waals surface area contributed by atoms with Crippen LogP contribution in [0.25, 0.3) is 22.7 Å². The van der Waals surface area contributed by atoms with Gasteiger partial charge in [-0.2, -0.15) is 0 Å². The van der Waals surface area contributed by atoms with Gasteiger partial charge in [0.25, 0.3) is 0 Å². The number of carbonyl (C=O) groups excluding carboxylic acids is 1. The van der Waals surface area contributed by atoms with Crippen LogP contribution in [0.3, 0.4) is 0 Å². The van der Waals surface area contributed by atoms with Crippen molar-refractivity contribution in [3.05, 3.63) is 65.4 Å². The number of halogens is 3. The normalized spacial score (nSPS) is 22.0. The Balaban J connectivity index is 1.07. The molecule has 3 aliphatic rings. The maximum absolute atomic E-state index is 13.1. The molecule has 1 saturated carbocycles. The second kappa shape index (κ2) is 10.6. The number of aromatic nitrogens is 3. The minimum absolute atomic E-state index is 0.0616. The number of para-hydroxylation sites is 1. The van der Waals surface area contributed by atoms with Gasteiger partial charge in [0, 0.05) is 40.3 Å². The first kappa shape index (κ1) is 26.7. The van der Waals surface area contributed by atoms with E-state index in [1.807, 2.05) is 0 Å². The summed E-state index contributed by atoms with van der Waals surface area (Å²) in [6, 6.07) is 13.7. The standard InChI is InChI=1S/C30H27F3N4O5/c31-30(32,33)41-25-4-2-1-3-23(25)26-24(27(42-36-26)18-9-10-18)16-39-22-13-20-11-12-21(14-22)37(20)29-35-34-28(40-29)19-7-5-17(15-38)6-8-19/h1-8,15,18,20-22H,9-14,16H2. The van der Waals surface area contributed by atoms with Crippen LogP contribution in [-0.2, 0) is 11.3 Å². The predicted molar refractivity (Wildman–Crippen MR) is 143 cm³/mol. The van der Waals surface area contributed by atoms with E-state index in [2.05, 4.69) is 25.0 Å². The van der Waals surface area contributed by atoms with E-state index in [4.69, 9.17) is 13.7 Å². The second-order valence-corrected chi connectivity index (χ2v) is 11.0. The summed E-state index contributed by atoms with van der Waals surface area (Å²) in [5.74, 6) is 0.932. The average Bonchev–Trinajstić information content (AvgIpc) is 3.44.